The largest absolute Gasteiger partial charge is 0.507 e. The van der Waals surface area contributed by atoms with E-state index in [1.807, 2.05) is 12.3 Å². The molecule has 0 aliphatic rings. The molecule has 0 fully saturated rings. The van der Waals surface area contributed by atoms with Crippen molar-refractivity contribution in [2.24, 2.45) is 5.73 Å². The fraction of sp³-hybridized carbons (Fsp3) is 0.250. The Bertz CT molecular complexity index is 632. The zero-order valence-electron chi connectivity index (χ0n) is 12.1. The lowest BCUT2D eigenvalue weighted by molar-refractivity contribution is 0.195. The molecule has 0 spiro atoms. The van der Waals surface area contributed by atoms with Crippen molar-refractivity contribution in [2.75, 3.05) is 19.5 Å². The molecule has 112 valence electrons. The van der Waals surface area contributed by atoms with E-state index in [2.05, 4.69) is 4.98 Å². The molecular weight excluding hydrogens is 266 g/mol. The number of rotatable bonds is 6. The molecule has 0 saturated carbocycles. The Morgan fingerprint density at radius 2 is 2.14 bits per heavy atom. The van der Waals surface area contributed by atoms with Crippen LogP contribution in [0.3, 0.4) is 0 Å². The van der Waals surface area contributed by atoms with Crippen LogP contribution in [0.2, 0.25) is 0 Å². The Morgan fingerprint density at radius 3 is 2.86 bits per heavy atom. The monoisotopic (exact) mass is 287 g/mol. The molecule has 0 aliphatic heterocycles. The predicted octanol–water partition coefficient (Wildman–Crippen LogP) is 2.34. The first-order valence-corrected chi connectivity index (χ1v) is 6.83. The highest BCUT2D eigenvalue weighted by Crippen LogP contribution is 2.26. The smallest absolute Gasteiger partial charge is 0.124 e. The van der Waals surface area contributed by atoms with E-state index in [1.165, 1.54) is 0 Å². The number of phenolic OH excluding ortho intramolecular Hbond substituents is 1. The zero-order valence-corrected chi connectivity index (χ0v) is 12.1. The van der Waals surface area contributed by atoms with Gasteiger partial charge in [0.1, 0.15) is 11.6 Å². The number of ether oxygens (including phenoxy) is 1. The third-order valence-electron chi connectivity index (χ3n) is 3.35. The number of nitrogens with two attached hydrogens (primary N) is 2. The molecule has 0 aliphatic carbocycles. The van der Waals surface area contributed by atoms with Crippen LogP contribution in [-0.2, 0) is 11.2 Å². The van der Waals surface area contributed by atoms with E-state index in [9.17, 15) is 5.11 Å². The second-order valence-corrected chi connectivity index (χ2v) is 4.85. The molecule has 6 N–H and O–H groups in total. The Kier molecular flexibility index (Phi) is 4.90. The number of H-pyrrole nitrogens is 1. The van der Waals surface area contributed by atoms with Crippen molar-refractivity contribution in [1.82, 2.24) is 4.98 Å². The number of para-hydroxylation sites is 1. The van der Waals surface area contributed by atoms with Gasteiger partial charge in [-0.1, -0.05) is 12.1 Å². The topological polar surface area (TPSA) is 97.3 Å². The first-order valence-electron chi connectivity index (χ1n) is 6.83. The molecule has 1 heterocycles. The minimum atomic E-state index is 0.154. The van der Waals surface area contributed by atoms with Crippen molar-refractivity contribution in [3.8, 4) is 5.75 Å². The Morgan fingerprint density at radius 1 is 1.38 bits per heavy atom. The third kappa shape index (κ3) is 3.58. The number of hydrogen-bond donors (Lipinski definition) is 4. The fourth-order valence-electron chi connectivity index (χ4n) is 2.23. The molecule has 0 atom stereocenters. The lowest BCUT2D eigenvalue weighted by Crippen LogP contribution is -1.99. The van der Waals surface area contributed by atoms with Gasteiger partial charge in [0.2, 0.25) is 0 Å². The van der Waals surface area contributed by atoms with Crippen LogP contribution < -0.4 is 11.5 Å². The van der Waals surface area contributed by atoms with E-state index in [0.717, 1.165) is 24.0 Å². The highest BCUT2D eigenvalue weighted by atomic mass is 16.5. The maximum atomic E-state index is 9.85. The van der Waals surface area contributed by atoms with Crippen molar-refractivity contribution in [3.05, 3.63) is 47.2 Å². The molecule has 5 nitrogen and oxygen atoms in total. The quantitative estimate of drug-likeness (QED) is 0.613. The number of anilines is 1. The van der Waals surface area contributed by atoms with E-state index in [1.54, 1.807) is 31.4 Å². The first-order chi connectivity index (χ1) is 10.1. The molecule has 1 aromatic carbocycles. The number of phenols is 1. The number of nitrogen functional groups attached to an aromatic ring is 1. The summed E-state index contributed by atoms with van der Waals surface area (Å²) in [5.41, 5.74) is 15.1. The van der Waals surface area contributed by atoms with Crippen molar-refractivity contribution >= 4 is 17.6 Å². The van der Waals surface area contributed by atoms with Gasteiger partial charge in [0.25, 0.3) is 0 Å². The van der Waals surface area contributed by atoms with E-state index in [0.29, 0.717) is 23.7 Å². The van der Waals surface area contributed by atoms with Gasteiger partial charge in [0.05, 0.1) is 0 Å². The number of aromatic amines is 1. The van der Waals surface area contributed by atoms with Gasteiger partial charge in [0, 0.05) is 36.7 Å². The van der Waals surface area contributed by atoms with Gasteiger partial charge in [-0.3, -0.25) is 0 Å². The summed E-state index contributed by atoms with van der Waals surface area (Å²) in [6.45, 7) is 0.698. The van der Waals surface area contributed by atoms with Crippen LogP contribution in [0.25, 0.3) is 11.8 Å². The van der Waals surface area contributed by atoms with Crippen molar-refractivity contribution in [2.45, 2.75) is 12.8 Å². The van der Waals surface area contributed by atoms with Crippen LogP contribution in [0.1, 0.15) is 23.1 Å². The highest BCUT2D eigenvalue weighted by molar-refractivity contribution is 5.85. The van der Waals surface area contributed by atoms with Crippen LogP contribution >= 0.6 is 0 Å². The summed E-state index contributed by atoms with van der Waals surface area (Å²) in [6.07, 6.45) is 5.44. The molecule has 0 unspecified atom stereocenters. The maximum Gasteiger partial charge on any atom is 0.124 e. The summed E-state index contributed by atoms with van der Waals surface area (Å²) in [6, 6.07) is 6.97. The number of methoxy groups -OCH3 is 1. The van der Waals surface area contributed by atoms with E-state index < -0.39 is 0 Å². The molecular formula is C16H21N3O2. The van der Waals surface area contributed by atoms with E-state index in [-0.39, 0.29) is 5.75 Å². The number of aromatic hydroxyl groups is 1. The van der Waals surface area contributed by atoms with Crippen LogP contribution in [-0.4, -0.2) is 23.8 Å². The Labute approximate surface area is 124 Å². The van der Waals surface area contributed by atoms with Gasteiger partial charge in [-0.25, -0.2) is 0 Å². The lowest BCUT2D eigenvalue weighted by atomic mass is 10.0. The first kappa shape index (κ1) is 15.0. The third-order valence-corrected chi connectivity index (χ3v) is 3.35. The van der Waals surface area contributed by atoms with Crippen LogP contribution in [0.5, 0.6) is 5.75 Å². The summed E-state index contributed by atoms with van der Waals surface area (Å²) < 4.78 is 5.06. The number of aryl methyl sites for hydroxylation is 1. The van der Waals surface area contributed by atoms with Crippen molar-refractivity contribution < 1.29 is 9.84 Å². The molecule has 2 rings (SSSR count). The number of benzene rings is 1. The Hall–Kier alpha value is -2.40. The average molecular weight is 287 g/mol. The molecule has 1 aromatic heterocycles. The second-order valence-electron chi connectivity index (χ2n) is 4.85. The van der Waals surface area contributed by atoms with Gasteiger partial charge in [-0.15, -0.1) is 0 Å². The summed E-state index contributed by atoms with van der Waals surface area (Å²) in [4.78, 5) is 3.01. The van der Waals surface area contributed by atoms with Gasteiger partial charge in [0.15, 0.2) is 0 Å². The van der Waals surface area contributed by atoms with Crippen LogP contribution in [0.4, 0.5) is 5.82 Å². The molecule has 0 amide bonds. The minimum absolute atomic E-state index is 0.154. The summed E-state index contributed by atoms with van der Waals surface area (Å²) in [5, 5.41) is 9.85. The van der Waals surface area contributed by atoms with Crippen LogP contribution in [0, 0.1) is 0 Å². The van der Waals surface area contributed by atoms with E-state index in [4.69, 9.17) is 16.2 Å². The van der Waals surface area contributed by atoms with Gasteiger partial charge in [-0.2, -0.15) is 0 Å². The number of aromatic nitrogens is 1. The SMILES string of the molecule is COCCCc1c[nH]c(N)c1/C=C(\N)c1ccccc1O. The van der Waals surface area contributed by atoms with E-state index >= 15 is 0 Å². The molecule has 21 heavy (non-hydrogen) atoms. The van der Waals surface area contributed by atoms with Gasteiger partial charge in [-0.05, 0) is 36.6 Å². The van der Waals surface area contributed by atoms with Gasteiger partial charge >= 0.3 is 0 Å². The highest BCUT2D eigenvalue weighted by Gasteiger charge is 2.09. The van der Waals surface area contributed by atoms with Crippen molar-refractivity contribution in [1.29, 1.82) is 0 Å². The molecule has 0 bridgehead atoms. The number of hydrogen-bond acceptors (Lipinski definition) is 4. The molecule has 2 aromatic rings. The lowest BCUT2D eigenvalue weighted by Gasteiger charge is -2.06. The molecule has 0 radical (unpaired) electrons. The van der Waals surface area contributed by atoms with Crippen LogP contribution in [0.15, 0.2) is 30.5 Å². The fourth-order valence-corrected chi connectivity index (χ4v) is 2.23. The minimum Gasteiger partial charge on any atom is -0.507 e. The normalized spacial score (nSPS) is 11.8. The molecule has 0 saturated heterocycles. The Balaban J connectivity index is 2.27. The standard InChI is InChI=1S/C16H21N3O2/c1-21-8-4-5-11-10-19-16(18)13(11)9-14(17)12-6-2-3-7-15(12)20/h2-3,6-7,9-10,19-20H,4-5,8,17-18H2,1H3/b14-9-. The zero-order chi connectivity index (χ0) is 15.2. The summed E-state index contributed by atoms with van der Waals surface area (Å²) in [7, 11) is 1.68. The average Bonchev–Trinajstić information content (AvgIpc) is 2.81. The maximum absolute atomic E-state index is 9.85. The summed E-state index contributed by atoms with van der Waals surface area (Å²) >= 11 is 0. The predicted molar refractivity (Wildman–Crippen MR) is 85.6 cm³/mol. The number of nitrogens with one attached hydrogen (secondary N) is 1. The molecule has 5 heteroatoms. The van der Waals surface area contributed by atoms with Gasteiger partial charge < -0.3 is 26.3 Å². The second kappa shape index (κ2) is 6.85. The van der Waals surface area contributed by atoms with Crippen molar-refractivity contribution in [3.63, 3.8) is 0 Å². The summed E-state index contributed by atoms with van der Waals surface area (Å²) in [5.74, 6) is 0.724.